The molecule has 0 spiro atoms. The van der Waals surface area contributed by atoms with E-state index in [0.29, 0.717) is 11.6 Å². The highest BCUT2D eigenvalue weighted by molar-refractivity contribution is 8.14. The van der Waals surface area contributed by atoms with Gasteiger partial charge in [-0.15, -0.1) is 11.8 Å². The number of piperidine rings is 1. The van der Waals surface area contributed by atoms with Gasteiger partial charge in [-0.25, -0.2) is 14.4 Å². The van der Waals surface area contributed by atoms with E-state index in [9.17, 15) is 9.50 Å². The topological polar surface area (TPSA) is 91.7 Å². The van der Waals surface area contributed by atoms with Gasteiger partial charge in [-0.05, 0) is 37.2 Å². The van der Waals surface area contributed by atoms with Crippen molar-refractivity contribution in [2.24, 2.45) is 4.99 Å². The number of benzene rings is 2. The van der Waals surface area contributed by atoms with Crippen LogP contribution in [0.1, 0.15) is 18.4 Å². The summed E-state index contributed by atoms with van der Waals surface area (Å²) in [6, 6.07) is 10.2. The maximum atomic E-state index is 13.5. The van der Waals surface area contributed by atoms with Gasteiger partial charge in [0.05, 0.1) is 12.1 Å². The fourth-order valence-electron chi connectivity index (χ4n) is 3.97. The minimum Gasteiger partial charge on any atom is -0.490 e. The van der Waals surface area contributed by atoms with Crippen LogP contribution >= 0.6 is 11.8 Å². The molecule has 7 nitrogen and oxygen atoms in total. The van der Waals surface area contributed by atoms with Crippen molar-refractivity contribution in [2.45, 2.75) is 25.0 Å². The van der Waals surface area contributed by atoms with Crippen LogP contribution in [0, 0.1) is 5.82 Å². The molecule has 2 atom stereocenters. The van der Waals surface area contributed by atoms with Gasteiger partial charge in [-0.1, -0.05) is 6.07 Å². The molecule has 9 heteroatoms. The van der Waals surface area contributed by atoms with Crippen molar-refractivity contribution in [3.05, 3.63) is 54.0 Å². The van der Waals surface area contributed by atoms with Crippen molar-refractivity contribution < 1.29 is 14.2 Å². The molecule has 5 rings (SSSR count). The molecule has 0 amide bonds. The largest absolute Gasteiger partial charge is 0.490 e. The Morgan fingerprint density at radius 3 is 3.03 bits per heavy atom. The standard InChI is InChI=1S/C23H24FN5O2S/c24-15-2-1-3-16(9-15)28-23-27-12-14-8-19(22-26-6-7-32-22)21(11-20(14)29-23)31-18-4-5-25-17(10-18)13-30/h1-3,8-9,11-12,17-18,25,30H,4-7,10,13H2,(H,27,28,29)/t17-,18+/m1/s1. The number of thioether (sulfide) groups is 1. The van der Waals surface area contributed by atoms with Crippen molar-refractivity contribution >= 4 is 39.3 Å². The number of anilines is 2. The SMILES string of the molecule is OC[C@H]1C[C@@H](Oc2cc3nc(Nc4cccc(F)c4)ncc3cc2C2=NCCS2)CCN1. The van der Waals surface area contributed by atoms with Crippen LogP contribution in [0.4, 0.5) is 16.0 Å². The fraction of sp³-hybridized carbons (Fsp3) is 0.348. The molecule has 32 heavy (non-hydrogen) atoms. The minimum absolute atomic E-state index is 0.00308. The number of halogens is 1. The maximum Gasteiger partial charge on any atom is 0.227 e. The average molecular weight is 454 g/mol. The van der Waals surface area contributed by atoms with E-state index in [0.717, 1.165) is 58.9 Å². The van der Waals surface area contributed by atoms with E-state index in [1.807, 2.05) is 12.1 Å². The van der Waals surface area contributed by atoms with E-state index in [-0.39, 0.29) is 24.6 Å². The van der Waals surface area contributed by atoms with Crippen LogP contribution in [-0.2, 0) is 0 Å². The highest BCUT2D eigenvalue weighted by Crippen LogP contribution is 2.33. The number of aliphatic hydroxyl groups is 1. The second kappa shape index (κ2) is 9.40. The van der Waals surface area contributed by atoms with E-state index in [2.05, 4.69) is 25.6 Å². The molecule has 2 aromatic carbocycles. The first kappa shape index (κ1) is 21.1. The molecule has 0 aliphatic carbocycles. The van der Waals surface area contributed by atoms with Crippen LogP contribution in [0.5, 0.6) is 5.75 Å². The molecular weight excluding hydrogens is 429 g/mol. The highest BCUT2D eigenvalue weighted by Gasteiger charge is 2.25. The Morgan fingerprint density at radius 2 is 2.22 bits per heavy atom. The van der Waals surface area contributed by atoms with Gasteiger partial charge in [0.1, 0.15) is 22.7 Å². The van der Waals surface area contributed by atoms with E-state index < -0.39 is 0 Å². The second-order valence-electron chi connectivity index (χ2n) is 7.87. The van der Waals surface area contributed by atoms with Crippen LogP contribution in [0.3, 0.4) is 0 Å². The van der Waals surface area contributed by atoms with Crippen LogP contribution < -0.4 is 15.4 Å². The molecule has 2 aliphatic rings. The monoisotopic (exact) mass is 453 g/mol. The first-order chi connectivity index (χ1) is 15.7. The predicted molar refractivity (Wildman–Crippen MR) is 126 cm³/mol. The van der Waals surface area contributed by atoms with Crippen molar-refractivity contribution in [1.82, 2.24) is 15.3 Å². The zero-order valence-electron chi connectivity index (χ0n) is 17.4. The summed E-state index contributed by atoms with van der Waals surface area (Å²) in [5.41, 5.74) is 2.27. The first-order valence-corrected chi connectivity index (χ1v) is 11.7. The summed E-state index contributed by atoms with van der Waals surface area (Å²) in [5, 5.41) is 17.7. The van der Waals surface area contributed by atoms with Gasteiger partial charge in [0, 0.05) is 53.7 Å². The van der Waals surface area contributed by atoms with E-state index in [1.165, 1.54) is 12.1 Å². The number of fused-ring (bicyclic) bond motifs is 1. The lowest BCUT2D eigenvalue weighted by Gasteiger charge is -2.30. The Labute approximate surface area is 189 Å². The Hall–Kier alpha value is -2.75. The molecule has 3 N–H and O–H groups in total. The summed E-state index contributed by atoms with van der Waals surface area (Å²) in [6.45, 7) is 1.69. The lowest BCUT2D eigenvalue weighted by molar-refractivity contribution is 0.114. The molecule has 0 bridgehead atoms. The molecule has 1 saturated heterocycles. The number of rotatable bonds is 6. The van der Waals surface area contributed by atoms with Gasteiger partial charge in [0.2, 0.25) is 5.95 Å². The number of aliphatic hydroxyl groups excluding tert-OH is 1. The maximum absolute atomic E-state index is 13.5. The van der Waals surface area contributed by atoms with Crippen LogP contribution in [0.15, 0.2) is 47.6 Å². The Bertz CT molecular complexity index is 1160. The number of nitrogens with zero attached hydrogens (tertiary/aromatic N) is 3. The molecular formula is C23H24FN5O2S. The Morgan fingerprint density at radius 1 is 1.28 bits per heavy atom. The number of aliphatic imine (C=N–C) groups is 1. The Kier molecular flexibility index (Phi) is 6.20. The molecule has 0 radical (unpaired) electrons. The van der Waals surface area contributed by atoms with Crippen molar-refractivity contribution in [2.75, 3.05) is 30.8 Å². The van der Waals surface area contributed by atoms with Gasteiger partial charge in [-0.3, -0.25) is 4.99 Å². The third-order valence-electron chi connectivity index (χ3n) is 5.54. The number of nitrogens with one attached hydrogen (secondary N) is 2. The number of hydrogen-bond donors (Lipinski definition) is 3. The first-order valence-electron chi connectivity index (χ1n) is 10.7. The second-order valence-corrected chi connectivity index (χ2v) is 8.95. The summed E-state index contributed by atoms with van der Waals surface area (Å²) in [7, 11) is 0. The summed E-state index contributed by atoms with van der Waals surface area (Å²) < 4.78 is 20.0. The van der Waals surface area contributed by atoms with E-state index in [1.54, 1.807) is 30.1 Å². The zero-order chi connectivity index (χ0) is 21.9. The number of hydrogen-bond acceptors (Lipinski definition) is 8. The van der Waals surface area contributed by atoms with E-state index in [4.69, 9.17) is 4.74 Å². The normalized spacial score (nSPS) is 20.9. The minimum atomic E-state index is -0.325. The molecule has 1 aromatic heterocycles. The quantitative estimate of drug-likeness (QED) is 0.526. The molecule has 0 saturated carbocycles. The average Bonchev–Trinajstić information content (AvgIpc) is 3.33. The highest BCUT2D eigenvalue weighted by atomic mass is 32.2. The van der Waals surface area contributed by atoms with Gasteiger partial charge < -0.3 is 20.5 Å². The zero-order valence-corrected chi connectivity index (χ0v) is 18.2. The van der Waals surface area contributed by atoms with E-state index >= 15 is 0 Å². The summed E-state index contributed by atoms with van der Waals surface area (Å²) in [4.78, 5) is 13.7. The summed E-state index contributed by atoms with van der Waals surface area (Å²) in [5.74, 6) is 1.76. The predicted octanol–water partition coefficient (Wildman–Crippen LogP) is 3.50. The molecule has 3 heterocycles. The molecule has 2 aliphatic heterocycles. The molecule has 166 valence electrons. The molecule has 1 fully saturated rings. The number of ether oxygens (including phenoxy) is 1. The van der Waals surface area contributed by atoms with Crippen molar-refractivity contribution in [3.8, 4) is 5.75 Å². The van der Waals surface area contributed by atoms with Crippen LogP contribution in [-0.4, -0.2) is 57.7 Å². The summed E-state index contributed by atoms with van der Waals surface area (Å²) >= 11 is 1.72. The molecule has 0 unspecified atom stereocenters. The summed E-state index contributed by atoms with van der Waals surface area (Å²) in [6.07, 6.45) is 3.36. The smallest absolute Gasteiger partial charge is 0.227 e. The van der Waals surface area contributed by atoms with Gasteiger partial charge in [-0.2, -0.15) is 0 Å². The van der Waals surface area contributed by atoms with Crippen molar-refractivity contribution in [1.29, 1.82) is 0 Å². The lowest BCUT2D eigenvalue weighted by Crippen LogP contribution is -2.44. The lowest BCUT2D eigenvalue weighted by atomic mass is 10.0. The number of aromatic nitrogens is 2. The third-order valence-corrected chi connectivity index (χ3v) is 6.55. The van der Waals surface area contributed by atoms with Crippen LogP contribution in [0.25, 0.3) is 10.9 Å². The van der Waals surface area contributed by atoms with Crippen molar-refractivity contribution in [3.63, 3.8) is 0 Å². The van der Waals surface area contributed by atoms with Crippen LogP contribution in [0.2, 0.25) is 0 Å². The third kappa shape index (κ3) is 4.69. The molecule has 3 aromatic rings. The Balaban J connectivity index is 1.48. The van der Waals surface area contributed by atoms with Gasteiger partial charge in [0.25, 0.3) is 0 Å². The van der Waals surface area contributed by atoms with Gasteiger partial charge in [0.15, 0.2) is 0 Å². The van der Waals surface area contributed by atoms with Gasteiger partial charge >= 0.3 is 0 Å². The fourth-order valence-corrected chi connectivity index (χ4v) is 4.84.